The molecular formula is C24H24O2. The maximum absolute atomic E-state index is 13.1. The average molecular weight is 344 g/mol. The van der Waals surface area contributed by atoms with Gasteiger partial charge in [-0.2, -0.15) is 0 Å². The van der Waals surface area contributed by atoms with Crippen LogP contribution in [0, 0.1) is 21.8 Å². The van der Waals surface area contributed by atoms with Gasteiger partial charge in [0, 0.05) is 17.4 Å². The summed E-state index contributed by atoms with van der Waals surface area (Å²) >= 11 is 0. The Morgan fingerprint density at radius 2 is 1.65 bits per heavy atom. The van der Waals surface area contributed by atoms with Gasteiger partial charge in [0.05, 0.1) is 0 Å². The lowest BCUT2D eigenvalue weighted by atomic mass is 9.71. The van der Waals surface area contributed by atoms with E-state index < -0.39 is 0 Å². The van der Waals surface area contributed by atoms with E-state index in [2.05, 4.69) is 32.9 Å². The summed E-state index contributed by atoms with van der Waals surface area (Å²) in [5.74, 6) is -0.0804. The van der Waals surface area contributed by atoms with Crippen molar-refractivity contribution in [3.8, 4) is 0 Å². The van der Waals surface area contributed by atoms with Gasteiger partial charge in [-0.05, 0) is 44.3 Å². The predicted molar refractivity (Wildman–Crippen MR) is 104 cm³/mol. The summed E-state index contributed by atoms with van der Waals surface area (Å²) < 4.78 is 0. The predicted octanol–water partition coefficient (Wildman–Crippen LogP) is 3.47. The van der Waals surface area contributed by atoms with Crippen LogP contribution >= 0.6 is 0 Å². The Labute approximate surface area is 153 Å². The first-order valence-electron chi connectivity index (χ1n) is 9.30. The van der Waals surface area contributed by atoms with E-state index in [1.165, 1.54) is 0 Å². The van der Waals surface area contributed by atoms with Gasteiger partial charge in [0.2, 0.25) is 0 Å². The minimum Gasteiger partial charge on any atom is -0.298 e. The first-order valence-corrected chi connectivity index (χ1v) is 9.30. The number of ketones is 2. The molecule has 2 aromatic carbocycles. The van der Waals surface area contributed by atoms with E-state index in [1.54, 1.807) is 6.08 Å². The number of hydrogen-bond donors (Lipinski definition) is 0. The van der Waals surface area contributed by atoms with Gasteiger partial charge in [-0.25, -0.2) is 0 Å². The minimum atomic E-state index is -0.220. The molecule has 0 saturated carbocycles. The molecule has 2 aliphatic carbocycles. The van der Waals surface area contributed by atoms with Crippen LogP contribution in [0.2, 0.25) is 0 Å². The molecule has 2 nitrogen and oxygen atoms in total. The molecule has 0 bridgehead atoms. The number of rotatable bonds is 1. The molecule has 0 amide bonds. The molecule has 2 aromatic rings. The van der Waals surface area contributed by atoms with Crippen molar-refractivity contribution in [3.63, 3.8) is 0 Å². The lowest BCUT2D eigenvalue weighted by Gasteiger charge is -2.31. The van der Waals surface area contributed by atoms with Gasteiger partial charge in [-0.15, -0.1) is 0 Å². The molecule has 0 N–H and O–H groups in total. The molecule has 0 aliphatic heterocycles. The van der Waals surface area contributed by atoms with Crippen LogP contribution in [-0.2, 0) is 4.79 Å². The molecular weight excluding hydrogens is 320 g/mol. The number of hydrogen-bond acceptors (Lipinski definition) is 2. The Morgan fingerprint density at radius 3 is 2.38 bits per heavy atom. The van der Waals surface area contributed by atoms with Crippen molar-refractivity contribution in [1.82, 2.24) is 0 Å². The number of carbonyl (C=O) groups excluding carboxylic acids is 2. The maximum Gasteiger partial charge on any atom is 0.187 e. The Morgan fingerprint density at radius 1 is 0.923 bits per heavy atom. The Kier molecular flexibility index (Phi) is 3.76. The number of fused-ring (bicyclic) bond motifs is 4. The fourth-order valence-corrected chi connectivity index (χ4v) is 4.35. The molecule has 0 saturated heterocycles. The van der Waals surface area contributed by atoms with Crippen molar-refractivity contribution in [2.24, 2.45) is 11.3 Å². The molecule has 2 heteroatoms. The highest BCUT2D eigenvalue weighted by Gasteiger charge is 2.35. The van der Waals surface area contributed by atoms with Gasteiger partial charge in [0.25, 0.3) is 0 Å². The largest absolute Gasteiger partial charge is 0.298 e. The van der Waals surface area contributed by atoms with Gasteiger partial charge in [0.1, 0.15) is 5.78 Å². The van der Waals surface area contributed by atoms with Crippen LogP contribution in [0.4, 0.5) is 0 Å². The highest BCUT2D eigenvalue weighted by atomic mass is 16.1. The Balaban J connectivity index is 2.14. The van der Waals surface area contributed by atoms with Crippen molar-refractivity contribution >= 4 is 23.7 Å². The molecule has 4 rings (SSSR count). The van der Waals surface area contributed by atoms with Gasteiger partial charge < -0.3 is 0 Å². The lowest BCUT2D eigenvalue weighted by molar-refractivity contribution is -0.123. The van der Waals surface area contributed by atoms with Crippen molar-refractivity contribution in [1.29, 1.82) is 0 Å². The standard InChI is InChI=1S/C24H24O2/c1-14-11-16-9-10-18-17-8-6-5-7-15(17)12-20(25)22(18)21(16)19(23(14)26)13-24(2,3)4/h5-12,14,19H,13H2,1-4H3. The monoisotopic (exact) mass is 344 g/mol. The second kappa shape index (κ2) is 5.77. The van der Waals surface area contributed by atoms with E-state index in [0.717, 1.165) is 38.4 Å². The van der Waals surface area contributed by atoms with Crippen LogP contribution in [0.5, 0.6) is 0 Å². The van der Waals surface area contributed by atoms with Gasteiger partial charge in [-0.1, -0.05) is 70.2 Å². The smallest absolute Gasteiger partial charge is 0.187 e. The first-order chi connectivity index (χ1) is 12.3. The average Bonchev–Trinajstić information content (AvgIpc) is 2.57. The zero-order valence-electron chi connectivity index (χ0n) is 15.8. The summed E-state index contributed by atoms with van der Waals surface area (Å²) in [7, 11) is 0. The molecule has 0 spiro atoms. The van der Waals surface area contributed by atoms with Crippen LogP contribution in [-0.4, -0.2) is 11.6 Å². The first kappa shape index (κ1) is 17.0. The van der Waals surface area contributed by atoms with Crippen LogP contribution < -0.4 is 10.4 Å². The van der Waals surface area contributed by atoms with E-state index in [-0.39, 0.29) is 28.8 Å². The molecule has 2 atom stereocenters. The second-order valence-corrected chi connectivity index (χ2v) is 8.76. The third kappa shape index (κ3) is 2.65. The SMILES string of the molecule is CC1C=c2ccc3c(c2C(CC(C)(C)C)C1=O)C(=O)C=c1ccccc1=3. The van der Waals surface area contributed by atoms with E-state index in [9.17, 15) is 9.59 Å². The number of Topliss-reactive ketones (excluding diaryl/α,β-unsaturated/α-hetero) is 2. The van der Waals surface area contributed by atoms with Crippen LogP contribution in [0.3, 0.4) is 0 Å². The van der Waals surface area contributed by atoms with Crippen molar-refractivity contribution in [3.05, 3.63) is 68.4 Å². The summed E-state index contributed by atoms with van der Waals surface area (Å²) in [6.07, 6.45) is 4.49. The molecule has 26 heavy (non-hydrogen) atoms. The minimum absolute atomic E-state index is 0.0106. The number of benzene rings is 2. The zero-order valence-corrected chi connectivity index (χ0v) is 15.8. The summed E-state index contributed by atoms with van der Waals surface area (Å²) in [6.45, 7) is 8.42. The van der Waals surface area contributed by atoms with E-state index in [0.29, 0.717) is 0 Å². The van der Waals surface area contributed by atoms with Crippen molar-refractivity contribution in [2.75, 3.05) is 0 Å². The third-order valence-electron chi connectivity index (χ3n) is 5.45. The summed E-state index contributed by atoms with van der Waals surface area (Å²) in [5, 5.41) is 4.04. The molecule has 0 radical (unpaired) electrons. The molecule has 132 valence electrons. The fourth-order valence-electron chi connectivity index (χ4n) is 4.35. The van der Waals surface area contributed by atoms with Crippen LogP contribution in [0.15, 0.2) is 36.4 Å². The number of carbonyl (C=O) groups is 2. The fraction of sp³-hybridized carbons (Fsp3) is 0.333. The van der Waals surface area contributed by atoms with E-state index in [1.807, 2.05) is 37.3 Å². The van der Waals surface area contributed by atoms with Crippen LogP contribution in [0.1, 0.15) is 56.0 Å². The normalized spacial score (nSPS) is 21.2. The van der Waals surface area contributed by atoms with E-state index in [4.69, 9.17) is 0 Å². The quantitative estimate of drug-likeness (QED) is 0.794. The summed E-state index contributed by atoms with van der Waals surface area (Å²) in [4.78, 5) is 26.1. The molecule has 0 heterocycles. The summed E-state index contributed by atoms with van der Waals surface area (Å²) in [6, 6.07) is 12.1. The highest BCUT2D eigenvalue weighted by Crippen LogP contribution is 2.36. The maximum atomic E-state index is 13.1. The molecule has 2 aliphatic rings. The van der Waals surface area contributed by atoms with Gasteiger partial charge in [0.15, 0.2) is 5.78 Å². The van der Waals surface area contributed by atoms with Crippen LogP contribution in [0.25, 0.3) is 12.2 Å². The topological polar surface area (TPSA) is 34.1 Å². The Bertz CT molecular complexity index is 1150. The highest BCUT2D eigenvalue weighted by molar-refractivity contribution is 6.19. The van der Waals surface area contributed by atoms with Crippen molar-refractivity contribution in [2.45, 2.75) is 40.0 Å². The summed E-state index contributed by atoms with van der Waals surface area (Å²) in [5.41, 5.74) is 1.68. The molecule has 2 unspecified atom stereocenters. The second-order valence-electron chi connectivity index (χ2n) is 8.76. The molecule has 0 fully saturated rings. The van der Waals surface area contributed by atoms with E-state index >= 15 is 0 Å². The third-order valence-corrected chi connectivity index (χ3v) is 5.45. The van der Waals surface area contributed by atoms with Gasteiger partial charge in [-0.3, -0.25) is 9.59 Å². The van der Waals surface area contributed by atoms with Crippen molar-refractivity contribution < 1.29 is 9.59 Å². The Hall–Kier alpha value is -2.48. The molecule has 0 aromatic heterocycles. The zero-order chi connectivity index (χ0) is 18.6. The lowest BCUT2D eigenvalue weighted by Crippen LogP contribution is -2.35. The van der Waals surface area contributed by atoms with Gasteiger partial charge >= 0.3 is 0 Å².